The summed E-state index contributed by atoms with van der Waals surface area (Å²) in [5.74, 6) is 0.359. The fourth-order valence-corrected chi connectivity index (χ4v) is 5.67. The Labute approximate surface area is 199 Å². The van der Waals surface area contributed by atoms with Crippen LogP contribution in [0, 0.1) is 6.92 Å². The van der Waals surface area contributed by atoms with Crippen molar-refractivity contribution in [2.24, 2.45) is 0 Å². The quantitative estimate of drug-likeness (QED) is 0.444. The van der Waals surface area contributed by atoms with E-state index in [-0.39, 0.29) is 17.4 Å². The molecule has 1 unspecified atom stereocenters. The number of carbonyl (C=O) groups is 2. The maximum absolute atomic E-state index is 13.2. The molecule has 0 spiro atoms. The Morgan fingerprint density at radius 1 is 1.31 bits per heavy atom. The second-order valence-electron chi connectivity index (χ2n) is 7.71. The summed E-state index contributed by atoms with van der Waals surface area (Å²) in [5, 5.41) is 11.8. The van der Waals surface area contributed by atoms with Gasteiger partial charge in [-0.1, -0.05) is 41.6 Å². The van der Waals surface area contributed by atoms with Gasteiger partial charge in [0.1, 0.15) is 5.54 Å². The largest absolute Gasteiger partial charge is 0.416 e. The number of hydrogen-bond acceptors (Lipinski definition) is 8. The van der Waals surface area contributed by atoms with Crippen LogP contribution < -0.4 is 0 Å². The number of likely N-dealkylation sites (N-methyl/N-ethyl adjacent to an activating group) is 1. The molecule has 1 aromatic carbocycles. The third-order valence-corrected chi connectivity index (χ3v) is 7.64. The van der Waals surface area contributed by atoms with Crippen LogP contribution in [0.2, 0.25) is 5.02 Å². The zero-order chi connectivity index (χ0) is 22.7. The molecule has 4 rings (SSSR count). The van der Waals surface area contributed by atoms with E-state index >= 15 is 0 Å². The standard InChI is InChI=1S/C22H23ClN4O3S2/c1-14-24-15(12-31-14)11-19-25-26-21(30-19)32-13-20(29)27(2)22(10-6-5-9-18(22)28)16-7-3-4-8-17(16)23/h3-4,7-8,12H,5-6,9-11,13H2,1-2H3. The van der Waals surface area contributed by atoms with E-state index in [1.807, 2.05) is 30.5 Å². The van der Waals surface area contributed by atoms with Crippen LogP contribution in [0.25, 0.3) is 0 Å². The highest BCUT2D eigenvalue weighted by atomic mass is 35.5. The average Bonchev–Trinajstić information content (AvgIpc) is 3.41. The molecule has 0 N–H and O–H groups in total. The Hall–Kier alpha value is -2.23. The van der Waals surface area contributed by atoms with Crippen LogP contribution in [0.4, 0.5) is 0 Å². The maximum Gasteiger partial charge on any atom is 0.277 e. The molecule has 3 aromatic rings. The molecular weight excluding hydrogens is 468 g/mol. The van der Waals surface area contributed by atoms with Crippen LogP contribution in [-0.4, -0.2) is 44.6 Å². The Morgan fingerprint density at radius 3 is 2.84 bits per heavy atom. The van der Waals surface area contributed by atoms with E-state index in [1.54, 1.807) is 29.4 Å². The molecule has 0 aliphatic heterocycles. The summed E-state index contributed by atoms with van der Waals surface area (Å²) in [4.78, 5) is 32.3. The molecule has 2 heterocycles. The number of Topliss-reactive ketones (excluding diaryl/α,β-unsaturated/α-hetero) is 1. The molecule has 1 saturated carbocycles. The van der Waals surface area contributed by atoms with E-state index in [9.17, 15) is 9.59 Å². The Morgan fingerprint density at radius 2 is 2.12 bits per heavy atom. The van der Waals surface area contributed by atoms with Crippen molar-refractivity contribution >= 4 is 46.4 Å². The lowest BCUT2D eigenvalue weighted by Gasteiger charge is -2.44. The number of benzene rings is 1. The molecule has 0 bridgehead atoms. The minimum Gasteiger partial charge on any atom is -0.416 e. The predicted molar refractivity (Wildman–Crippen MR) is 124 cm³/mol. The lowest BCUT2D eigenvalue weighted by atomic mass is 9.74. The Kier molecular flexibility index (Phi) is 6.97. The van der Waals surface area contributed by atoms with Gasteiger partial charge in [0.05, 0.1) is 22.9 Å². The third-order valence-electron chi connectivity index (χ3n) is 5.69. The number of aromatic nitrogens is 3. The molecule has 1 aliphatic rings. The molecule has 1 amide bonds. The van der Waals surface area contributed by atoms with Gasteiger partial charge < -0.3 is 9.32 Å². The summed E-state index contributed by atoms with van der Waals surface area (Å²) in [6, 6.07) is 7.27. The highest BCUT2D eigenvalue weighted by Gasteiger charge is 2.47. The summed E-state index contributed by atoms with van der Waals surface area (Å²) in [6.45, 7) is 1.94. The minimum atomic E-state index is -1.04. The number of hydrogen-bond donors (Lipinski definition) is 0. The van der Waals surface area contributed by atoms with E-state index in [0.29, 0.717) is 41.0 Å². The van der Waals surface area contributed by atoms with Gasteiger partial charge in [-0.25, -0.2) is 4.98 Å². The molecule has 7 nitrogen and oxygen atoms in total. The molecule has 1 aliphatic carbocycles. The fourth-order valence-electron chi connectivity index (χ4n) is 4.08. The summed E-state index contributed by atoms with van der Waals surface area (Å²) in [7, 11) is 1.68. The molecule has 1 atom stereocenters. The number of aryl methyl sites for hydroxylation is 1. The first-order chi connectivity index (χ1) is 15.4. The maximum atomic E-state index is 13.2. The van der Waals surface area contributed by atoms with Crippen molar-refractivity contribution in [2.75, 3.05) is 12.8 Å². The molecule has 1 fully saturated rings. The van der Waals surface area contributed by atoms with Gasteiger partial charge >= 0.3 is 0 Å². The highest BCUT2D eigenvalue weighted by Crippen LogP contribution is 2.42. The van der Waals surface area contributed by atoms with E-state index in [0.717, 1.165) is 35.3 Å². The van der Waals surface area contributed by atoms with Gasteiger partial charge in [-0.2, -0.15) is 0 Å². The number of carbonyl (C=O) groups excluding carboxylic acids is 2. The van der Waals surface area contributed by atoms with Crippen molar-refractivity contribution in [2.45, 2.75) is 49.8 Å². The van der Waals surface area contributed by atoms with Crippen molar-refractivity contribution in [3.8, 4) is 0 Å². The van der Waals surface area contributed by atoms with Crippen LogP contribution in [0.1, 0.15) is 47.8 Å². The number of rotatable bonds is 7. The van der Waals surface area contributed by atoms with Gasteiger partial charge in [0.25, 0.3) is 5.22 Å². The average molecular weight is 491 g/mol. The van der Waals surface area contributed by atoms with Crippen LogP contribution in [0.15, 0.2) is 39.3 Å². The van der Waals surface area contributed by atoms with E-state index < -0.39 is 5.54 Å². The van der Waals surface area contributed by atoms with Crippen molar-refractivity contribution in [1.29, 1.82) is 0 Å². The normalized spacial score (nSPS) is 18.7. The van der Waals surface area contributed by atoms with Gasteiger partial charge in [0.2, 0.25) is 11.8 Å². The number of halogens is 1. The minimum absolute atomic E-state index is 0.0244. The van der Waals surface area contributed by atoms with Crippen molar-refractivity contribution in [3.05, 3.63) is 56.8 Å². The summed E-state index contributed by atoms with van der Waals surface area (Å²) < 4.78 is 5.67. The smallest absolute Gasteiger partial charge is 0.277 e. The zero-order valence-electron chi connectivity index (χ0n) is 17.8. The predicted octanol–water partition coefficient (Wildman–Crippen LogP) is 4.67. The van der Waals surface area contributed by atoms with Crippen molar-refractivity contribution in [3.63, 3.8) is 0 Å². The van der Waals surface area contributed by atoms with Gasteiger partial charge in [-0.05, 0) is 32.3 Å². The topological polar surface area (TPSA) is 89.2 Å². The first-order valence-corrected chi connectivity index (χ1v) is 12.6. The molecule has 2 aromatic heterocycles. The lowest BCUT2D eigenvalue weighted by Crippen LogP contribution is -2.54. The van der Waals surface area contributed by atoms with Gasteiger partial charge in [-0.15, -0.1) is 21.5 Å². The number of amides is 1. The second kappa shape index (κ2) is 9.72. The second-order valence-corrected chi connectivity index (χ2v) is 10.1. The van der Waals surface area contributed by atoms with E-state index in [1.165, 1.54) is 0 Å². The summed E-state index contributed by atoms with van der Waals surface area (Å²) in [6.07, 6.45) is 3.12. The Bertz CT molecular complexity index is 1130. The van der Waals surface area contributed by atoms with Crippen LogP contribution >= 0.6 is 34.7 Å². The number of thiazole rings is 1. The molecule has 10 heteroatoms. The van der Waals surface area contributed by atoms with Gasteiger partial charge in [-0.3, -0.25) is 9.59 Å². The first-order valence-electron chi connectivity index (χ1n) is 10.3. The zero-order valence-corrected chi connectivity index (χ0v) is 20.2. The molecule has 0 saturated heterocycles. The van der Waals surface area contributed by atoms with Crippen LogP contribution in [-0.2, 0) is 21.5 Å². The third kappa shape index (κ3) is 4.60. The van der Waals surface area contributed by atoms with Gasteiger partial charge in [0.15, 0.2) is 5.78 Å². The lowest BCUT2D eigenvalue weighted by molar-refractivity contribution is -0.146. The molecular formula is C22H23ClN4O3S2. The van der Waals surface area contributed by atoms with Crippen molar-refractivity contribution in [1.82, 2.24) is 20.1 Å². The molecule has 0 radical (unpaired) electrons. The van der Waals surface area contributed by atoms with E-state index in [4.69, 9.17) is 16.0 Å². The van der Waals surface area contributed by atoms with Crippen LogP contribution in [0.3, 0.4) is 0 Å². The summed E-state index contributed by atoms with van der Waals surface area (Å²) >= 11 is 9.20. The Balaban J connectivity index is 1.47. The number of ketones is 1. The SMILES string of the molecule is Cc1nc(Cc2nnc(SCC(=O)N(C)C3(c4ccccc4Cl)CCCCC3=O)o2)cs1. The molecule has 32 heavy (non-hydrogen) atoms. The van der Waals surface area contributed by atoms with Crippen LogP contribution in [0.5, 0.6) is 0 Å². The molecule has 168 valence electrons. The highest BCUT2D eigenvalue weighted by molar-refractivity contribution is 7.99. The first kappa shape index (κ1) is 22.9. The number of thioether (sulfide) groups is 1. The van der Waals surface area contributed by atoms with E-state index in [2.05, 4.69) is 15.2 Å². The fraction of sp³-hybridized carbons (Fsp3) is 0.409. The number of nitrogens with zero attached hydrogens (tertiary/aromatic N) is 4. The van der Waals surface area contributed by atoms with Gasteiger partial charge in [0, 0.05) is 29.4 Å². The summed E-state index contributed by atoms with van der Waals surface area (Å²) in [5.41, 5.74) is 0.517. The monoisotopic (exact) mass is 490 g/mol. The van der Waals surface area contributed by atoms with Crippen molar-refractivity contribution < 1.29 is 14.0 Å².